The van der Waals surface area contributed by atoms with Crippen LogP contribution in [0.5, 0.6) is 0 Å². The van der Waals surface area contributed by atoms with Gasteiger partial charge < -0.3 is 35.3 Å². The molecule has 10 atom stereocenters. The predicted octanol–water partition coefficient (Wildman–Crippen LogP) is 1.97. The molecule has 0 aromatic carbocycles. The van der Waals surface area contributed by atoms with E-state index in [9.17, 15) is 44.7 Å². The molecule has 0 aromatic rings. The van der Waals surface area contributed by atoms with E-state index in [0.29, 0.717) is 24.8 Å². The second-order valence-corrected chi connectivity index (χ2v) is 14.9. The Morgan fingerprint density at radius 3 is 2.29 bits per heavy atom. The van der Waals surface area contributed by atoms with E-state index >= 15 is 0 Å². The van der Waals surface area contributed by atoms with E-state index in [1.807, 2.05) is 13.8 Å². The van der Waals surface area contributed by atoms with Crippen LogP contribution in [0.15, 0.2) is 11.6 Å². The Bertz CT molecular complexity index is 1030. The van der Waals surface area contributed by atoms with Gasteiger partial charge in [0.15, 0.2) is 5.78 Å². The number of phosphoric ester groups is 1. The third kappa shape index (κ3) is 4.88. The number of fused-ring (bicyclic) bond motifs is 5. The Balaban J connectivity index is 1.70. The van der Waals surface area contributed by atoms with E-state index in [1.54, 1.807) is 13.8 Å². The van der Waals surface area contributed by atoms with Gasteiger partial charge in [-0.3, -0.25) is 9.32 Å². The molecule has 38 heavy (non-hydrogen) atoms. The summed E-state index contributed by atoms with van der Waals surface area (Å²) < 4.78 is 17.0. The molecule has 7 N–H and O–H groups in total. The van der Waals surface area contributed by atoms with Crippen molar-refractivity contribution in [1.29, 1.82) is 0 Å². The van der Waals surface area contributed by atoms with E-state index in [2.05, 4.69) is 0 Å². The van der Waals surface area contributed by atoms with Crippen LogP contribution in [-0.4, -0.2) is 76.2 Å². The number of rotatable bonds is 7. The summed E-state index contributed by atoms with van der Waals surface area (Å²) in [5.74, 6) is -1.44. The number of phosphoric acid groups is 1. The van der Waals surface area contributed by atoms with E-state index in [1.165, 1.54) is 13.0 Å². The number of aliphatic hydroxyl groups excluding tert-OH is 2. The quantitative estimate of drug-likeness (QED) is 0.227. The first kappa shape index (κ1) is 30.3. The zero-order valence-electron chi connectivity index (χ0n) is 23.0. The maximum atomic E-state index is 13.3. The molecule has 0 spiro atoms. The number of carbonyl (C=O) groups excluding carboxylic acids is 1. The van der Waals surface area contributed by atoms with Crippen molar-refractivity contribution in [3.63, 3.8) is 0 Å². The first-order valence-electron chi connectivity index (χ1n) is 13.7. The second-order valence-electron chi connectivity index (χ2n) is 13.8. The third-order valence-corrected chi connectivity index (χ3v) is 11.3. The lowest BCUT2D eigenvalue weighted by atomic mass is 9.45. The summed E-state index contributed by atoms with van der Waals surface area (Å²) in [6, 6.07) is 0. The van der Waals surface area contributed by atoms with E-state index in [0.717, 1.165) is 0 Å². The fourth-order valence-electron chi connectivity index (χ4n) is 8.63. The molecule has 3 fully saturated rings. The van der Waals surface area contributed by atoms with Crippen molar-refractivity contribution in [2.75, 3.05) is 0 Å². The van der Waals surface area contributed by atoms with Gasteiger partial charge in [-0.25, -0.2) is 4.57 Å². The summed E-state index contributed by atoms with van der Waals surface area (Å²) in [7, 11) is -4.99. The molecule has 3 saturated carbocycles. The van der Waals surface area contributed by atoms with Crippen LogP contribution >= 0.6 is 7.82 Å². The zero-order valence-corrected chi connectivity index (χ0v) is 23.9. The highest BCUT2D eigenvalue weighted by Gasteiger charge is 2.69. The summed E-state index contributed by atoms with van der Waals surface area (Å²) in [4.78, 5) is 32.6. The largest absolute Gasteiger partial charge is 0.469 e. The van der Waals surface area contributed by atoms with Crippen LogP contribution in [0, 0.1) is 28.6 Å². The average Bonchev–Trinajstić information content (AvgIpc) is 3.04. The van der Waals surface area contributed by atoms with Crippen molar-refractivity contribution in [3.05, 3.63) is 11.6 Å². The Hall–Kier alpha value is -0.680. The predicted molar refractivity (Wildman–Crippen MR) is 138 cm³/mol. The van der Waals surface area contributed by atoms with Gasteiger partial charge in [-0.2, -0.15) is 0 Å². The van der Waals surface area contributed by atoms with Crippen molar-refractivity contribution >= 4 is 13.6 Å². The standard InChI is InChI=1S/C27H45O10P/c1-23(2,31)9-8-22(37-38(34,35)36)26(5,32)21-7-11-27(33)16-12-18(28)17-13-19(29)20(30)14-24(17,3)15(16)6-10-25(21,27)4/h12,15,17,19-22,29-33H,6-11,13-14H2,1-5H3,(H2,34,35,36)/t15-,17-,19+,20-,21-,22+,24+,25+,26+,27+/m0/s1. The monoisotopic (exact) mass is 560 g/mol. The molecule has 4 aliphatic carbocycles. The molecule has 0 saturated heterocycles. The van der Waals surface area contributed by atoms with E-state index < -0.39 is 65.6 Å². The fraction of sp³-hybridized carbons (Fsp3) is 0.889. The Labute approximate surface area is 224 Å². The van der Waals surface area contributed by atoms with Gasteiger partial charge in [0.1, 0.15) is 0 Å². The molecule has 218 valence electrons. The van der Waals surface area contributed by atoms with Gasteiger partial charge in [0.05, 0.1) is 35.1 Å². The lowest BCUT2D eigenvalue weighted by molar-refractivity contribution is -0.175. The molecule has 0 amide bonds. The van der Waals surface area contributed by atoms with E-state index in [-0.39, 0.29) is 43.8 Å². The average molecular weight is 561 g/mol. The van der Waals surface area contributed by atoms with Crippen molar-refractivity contribution < 1.29 is 49.2 Å². The maximum absolute atomic E-state index is 13.3. The number of hydrogen-bond donors (Lipinski definition) is 7. The maximum Gasteiger partial charge on any atom is 0.469 e. The summed E-state index contributed by atoms with van der Waals surface area (Å²) in [6.07, 6.45) is 0.473. The molecule has 10 nitrogen and oxygen atoms in total. The van der Waals surface area contributed by atoms with Crippen LogP contribution in [0.2, 0.25) is 0 Å². The third-order valence-electron chi connectivity index (χ3n) is 10.8. The smallest absolute Gasteiger partial charge is 0.390 e. The first-order chi connectivity index (χ1) is 17.2. The molecule has 0 aromatic heterocycles. The van der Waals surface area contributed by atoms with Crippen molar-refractivity contribution in [2.24, 2.45) is 28.6 Å². The minimum Gasteiger partial charge on any atom is -0.390 e. The second kappa shape index (κ2) is 9.43. The number of carbonyl (C=O) groups is 1. The van der Waals surface area contributed by atoms with Crippen LogP contribution in [-0.2, 0) is 13.9 Å². The van der Waals surface area contributed by atoms with Crippen molar-refractivity contribution in [1.82, 2.24) is 0 Å². The van der Waals surface area contributed by atoms with Gasteiger partial charge in [-0.1, -0.05) is 13.8 Å². The highest BCUT2D eigenvalue weighted by molar-refractivity contribution is 7.46. The van der Waals surface area contributed by atoms with Gasteiger partial charge >= 0.3 is 7.82 Å². The topological polar surface area (TPSA) is 185 Å². The summed E-state index contributed by atoms with van der Waals surface area (Å²) in [5, 5.41) is 55.2. The van der Waals surface area contributed by atoms with Crippen LogP contribution in [0.4, 0.5) is 0 Å². The molecular weight excluding hydrogens is 515 g/mol. The lowest BCUT2D eigenvalue weighted by Gasteiger charge is -2.60. The molecule has 0 unspecified atom stereocenters. The Morgan fingerprint density at radius 1 is 1.08 bits per heavy atom. The molecule has 0 bridgehead atoms. The Kier molecular flexibility index (Phi) is 7.51. The molecule has 0 aliphatic heterocycles. The first-order valence-corrected chi connectivity index (χ1v) is 15.2. The van der Waals surface area contributed by atoms with E-state index in [4.69, 9.17) is 4.52 Å². The van der Waals surface area contributed by atoms with Gasteiger partial charge in [0.25, 0.3) is 0 Å². The highest BCUT2D eigenvalue weighted by atomic mass is 31.2. The van der Waals surface area contributed by atoms with Gasteiger partial charge in [0, 0.05) is 11.3 Å². The fourth-order valence-corrected chi connectivity index (χ4v) is 9.28. The number of hydrogen-bond acceptors (Lipinski definition) is 8. The van der Waals surface area contributed by atoms with Gasteiger partial charge in [0.2, 0.25) is 0 Å². The van der Waals surface area contributed by atoms with Crippen LogP contribution < -0.4 is 0 Å². The number of allylic oxidation sites excluding steroid dienone is 1. The van der Waals surface area contributed by atoms with Gasteiger partial charge in [-0.15, -0.1) is 0 Å². The highest BCUT2D eigenvalue weighted by Crippen LogP contribution is 2.69. The van der Waals surface area contributed by atoms with Crippen LogP contribution in [0.25, 0.3) is 0 Å². The van der Waals surface area contributed by atoms with Crippen LogP contribution in [0.1, 0.15) is 86.0 Å². The zero-order chi connectivity index (χ0) is 28.7. The number of aliphatic hydroxyl groups is 5. The minimum absolute atomic E-state index is 0.0175. The normalized spacial score (nSPS) is 43.9. The summed E-state index contributed by atoms with van der Waals surface area (Å²) >= 11 is 0. The molecular formula is C27H45O10P. The molecule has 0 heterocycles. The summed E-state index contributed by atoms with van der Waals surface area (Å²) in [5.41, 5.74) is -5.33. The molecule has 4 aliphatic rings. The van der Waals surface area contributed by atoms with Crippen molar-refractivity contribution in [3.8, 4) is 0 Å². The molecule has 11 heteroatoms. The Morgan fingerprint density at radius 2 is 1.71 bits per heavy atom. The van der Waals surface area contributed by atoms with Crippen LogP contribution in [0.3, 0.4) is 0 Å². The van der Waals surface area contributed by atoms with Crippen molar-refractivity contribution in [2.45, 2.75) is 121 Å². The molecule has 4 rings (SSSR count). The lowest BCUT2D eigenvalue weighted by Crippen LogP contribution is -2.63. The SMILES string of the molecule is CC(C)(O)CC[C@@H](OP(=O)(O)O)[C@](C)(O)[C@H]1CC[C@@]2(O)C3=CC(=O)[C@@H]4C[C@@H](O)[C@@H](O)C[C@]4(C)[C@H]3CC[C@]12C. The molecule has 0 radical (unpaired) electrons. The minimum atomic E-state index is -4.99. The van der Waals surface area contributed by atoms with Gasteiger partial charge in [-0.05, 0) is 101 Å². The number of ketones is 1. The summed E-state index contributed by atoms with van der Waals surface area (Å²) in [6.45, 7) is 8.42.